The first-order valence-electron chi connectivity index (χ1n) is 4.73. The number of aliphatic hydroxyl groups is 1. The van der Waals surface area contributed by atoms with Gasteiger partial charge >= 0.3 is 0 Å². The summed E-state index contributed by atoms with van der Waals surface area (Å²) in [4.78, 5) is 0. The summed E-state index contributed by atoms with van der Waals surface area (Å²) in [6, 6.07) is 0.605. The minimum atomic E-state index is 0.319. The summed E-state index contributed by atoms with van der Waals surface area (Å²) in [5.41, 5.74) is 0. The molecule has 2 N–H and O–H groups in total. The van der Waals surface area contributed by atoms with Crippen LogP contribution in [0.2, 0.25) is 0 Å². The molecule has 0 spiro atoms. The fraction of sp³-hybridized carbons (Fsp3) is 1.00. The van der Waals surface area contributed by atoms with Gasteiger partial charge in [-0.2, -0.15) is 11.8 Å². The minimum absolute atomic E-state index is 0.319. The number of hydrogen-bond donors (Lipinski definition) is 2. The SMILES string of the molecule is CCSCC(C)NCCCCO. The summed E-state index contributed by atoms with van der Waals surface area (Å²) >= 11 is 1.97. The highest BCUT2D eigenvalue weighted by molar-refractivity contribution is 7.99. The quantitative estimate of drug-likeness (QED) is 0.570. The van der Waals surface area contributed by atoms with Gasteiger partial charge in [-0.3, -0.25) is 0 Å². The van der Waals surface area contributed by atoms with Crippen molar-refractivity contribution in [3.8, 4) is 0 Å². The minimum Gasteiger partial charge on any atom is -0.396 e. The number of unbranched alkanes of at least 4 members (excludes halogenated alkanes) is 1. The standard InChI is InChI=1S/C9H21NOS/c1-3-12-8-9(2)10-6-4-5-7-11/h9-11H,3-8H2,1-2H3. The second-order valence-electron chi connectivity index (χ2n) is 2.95. The first-order valence-corrected chi connectivity index (χ1v) is 5.88. The van der Waals surface area contributed by atoms with E-state index in [1.807, 2.05) is 11.8 Å². The van der Waals surface area contributed by atoms with Crippen molar-refractivity contribution in [2.24, 2.45) is 0 Å². The fourth-order valence-electron chi connectivity index (χ4n) is 0.939. The molecule has 3 heteroatoms. The van der Waals surface area contributed by atoms with Crippen LogP contribution < -0.4 is 5.32 Å². The summed E-state index contributed by atoms with van der Waals surface area (Å²) in [7, 11) is 0. The zero-order valence-electron chi connectivity index (χ0n) is 8.18. The average molecular weight is 191 g/mol. The van der Waals surface area contributed by atoms with Crippen molar-refractivity contribution in [2.75, 3.05) is 24.7 Å². The van der Waals surface area contributed by atoms with Crippen molar-refractivity contribution in [1.82, 2.24) is 5.32 Å². The van der Waals surface area contributed by atoms with Gasteiger partial charge in [0.2, 0.25) is 0 Å². The van der Waals surface area contributed by atoms with Crippen LogP contribution in [-0.4, -0.2) is 35.8 Å². The Morgan fingerprint density at radius 3 is 2.75 bits per heavy atom. The summed E-state index contributed by atoms with van der Waals surface area (Å²) < 4.78 is 0. The molecule has 1 unspecified atom stereocenters. The van der Waals surface area contributed by atoms with E-state index in [1.54, 1.807) is 0 Å². The lowest BCUT2D eigenvalue weighted by atomic mass is 10.3. The molecule has 0 aromatic heterocycles. The Labute approximate surface area is 80.1 Å². The Morgan fingerprint density at radius 1 is 1.42 bits per heavy atom. The molecule has 0 radical (unpaired) electrons. The Kier molecular flexibility index (Phi) is 9.57. The Balaban J connectivity index is 3.02. The molecule has 0 rings (SSSR count). The van der Waals surface area contributed by atoms with Gasteiger partial charge in [-0.05, 0) is 32.1 Å². The maximum atomic E-state index is 8.54. The molecule has 2 nitrogen and oxygen atoms in total. The van der Waals surface area contributed by atoms with E-state index in [0.717, 1.165) is 19.4 Å². The van der Waals surface area contributed by atoms with Gasteiger partial charge in [-0.1, -0.05) is 6.92 Å². The second kappa shape index (κ2) is 9.36. The summed E-state index contributed by atoms with van der Waals surface area (Å²) in [5.74, 6) is 2.39. The van der Waals surface area contributed by atoms with Gasteiger partial charge in [0, 0.05) is 18.4 Å². The van der Waals surface area contributed by atoms with Crippen LogP contribution in [0.25, 0.3) is 0 Å². The number of thioether (sulfide) groups is 1. The summed E-state index contributed by atoms with van der Waals surface area (Å²) in [6.45, 7) is 5.75. The Morgan fingerprint density at radius 2 is 2.17 bits per heavy atom. The highest BCUT2D eigenvalue weighted by Gasteiger charge is 1.98. The Bertz CT molecular complexity index is 90.6. The van der Waals surface area contributed by atoms with Crippen molar-refractivity contribution in [1.29, 1.82) is 0 Å². The monoisotopic (exact) mass is 191 g/mol. The van der Waals surface area contributed by atoms with E-state index in [-0.39, 0.29) is 0 Å². The number of nitrogens with one attached hydrogen (secondary N) is 1. The molecular weight excluding hydrogens is 170 g/mol. The van der Waals surface area contributed by atoms with E-state index in [9.17, 15) is 0 Å². The number of aliphatic hydroxyl groups excluding tert-OH is 1. The van der Waals surface area contributed by atoms with Gasteiger partial charge in [-0.15, -0.1) is 0 Å². The maximum absolute atomic E-state index is 8.54. The predicted molar refractivity (Wildman–Crippen MR) is 56.8 cm³/mol. The van der Waals surface area contributed by atoms with E-state index < -0.39 is 0 Å². The molecule has 0 aliphatic heterocycles. The average Bonchev–Trinajstić information content (AvgIpc) is 2.09. The third-order valence-corrected chi connectivity index (χ3v) is 2.79. The molecular formula is C9H21NOS. The molecule has 0 amide bonds. The van der Waals surface area contributed by atoms with Gasteiger partial charge in [0.05, 0.1) is 0 Å². The normalized spacial score (nSPS) is 13.2. The van der Waals surface area contributed by atoms with E-state index >= 15 is 0 Å². The topological polar surface area (TPSA) is 32.3 Å². The van der Waals surface area contributed by atoms with Crippen LogP contribution in [0.4, 0.5) is 0 Å². The summed E-state index contributed by atoms with van der Waals surface area (Å²) in [5, 5.41) is 12.0. The van der Waals surface area contributed by atoms with E-state index in [1.165, 1.54) is 11.5 Å². The molecule has 0 saturated heterocycles. The first-order chi connectivity index (χ1) is 5.81. The zero-order valence-corrected chi connectivity index (χ0v) is 8.99. The number of rotatable bonds is 8. The van der Waals surface area contributed by atoms with Crippen LogP contribution in [-0.2, 0) is 0 Å². The maximum Gasteiger partial charge on any atom is 0.0431 e. The van der Waals surface area contributed by atoms with Gasteiger partial charge in [0.1, 0.15) is 0 Å². The molecule has 0 bridgehead atoms. The number of hydrogen-bond acceptors (Lipinski definition) is 3. The molecule has 12 heavy (non-hydrogen) atoms. The Hall–Kier alpha value is 0.270. The molecule has 0 saturated carbocycles. The van der Waals surface area contributed by atoms with Crippen LogP contribution in [0.3, 0.4) is 0 Å². The molecule has 0 aromatic carbocycles. The van der Waals surface area contributed by atoms with E-state index in [4.69, 9.17) is 5.11 Å². The largest absolute Gasteiger partial charge is 0.396 e. The molecule has 0 aromatic rings. The van der Waals surface area contributed by atoms with Crippen molar-refractivity contribution in [2.45, 2.75) is 32.7 Å². The van der Waals surface area contributed by atoms with Crippen LogP contribution in [0.5, 0.6) is 0 Å². The fourth-order valence-corrected chi connectivity index (χ4v) is 1.65. The van der Waals surface area contributed by atoms with Gasteiger partial charge in [0.25, 0.3) is 0 Å². The van der Waals surface area contributed by atoms with Crippen molar-refractivity contribution in [3.63, 3.8) is 0 Å². The third kappa shape index (κ3) is 8.37. The molecule has 0 heterocycles. The van der Waals surface area contributed by atoms with Crippen LogP contribution in [0, 0.1) is 0 Å². The van der Waals surface area contributed by atoms with Gasteiger partial charge < -0.3 is 10.4 Å². The molecule has 0 aliphatic rings. The van der Waals surface area contributed by atoms with Crippen LogP contribution in [0.1, 0.15) is 26.7 Å². The third-order valence-electron chi connectivity index (χ3n) is 1.65. The summed E-state index contributed by atoms with van der Waals surface area (Å²) in [6.07, 6.45) is 2.00. The lowest BCUT2D eigenvalue weighted by Crippen LogP contribution is -2.29. The molecule has 74 valence electrons. The van der Waals surface area contributed by atoms with Gasteiger partial charge in [-0.25, -0.2) is 0 Å². The zero-order chi connectivity index (χ0) is 9.23. The molecule has 0 aliphatic carbocycles. The van der Waals surface area contributed by atoms with E-state index in [2.05, 4.69) is 19.2 Å². The van der Waals surface area contributed by atoms with Gasteiger partial charge in [0.15, 0.2) is 0 Å². The lowest BCUT2D eigenvalue weighted by Gasteiger charge is -2.12. The second-order valence-corrected chi connectivity index (χ2v) is 4.26. The van der Waals surface area contributed by atoms with Crippen LogP contribution >= 0.6 is 11.8 Å². The highest BCUT2D eigenvalue weighted by Crippen LogP contribution is 2.01. The molecule has 0 fully saturated rings. The smallest absolute Gasteiger partial charge is 0.0431 e. The van der Waals surface area contributed by atoms with Crippen molar-refractivity contribution < 1.29 is 5.11 Å². The first kappa shape index (κ1) is 12.3. The molecule has 1 atom stereocenters. The van der Waals surface area contributed by atoms with E-state index in [0.29, 0.717) is 12.6 Å². The highest BCUT2D eigenvalue weighted by atomic mass is 32.2. The predicted octanol–water partition coefficient (Wildman–Crippen LogP) is 1.49. The van der Waals surface area contributed by atoms with Crippen LogP contribution in [0.15, 0.2) is 0 Å². The van der Waals surface area contributed by atoms with Crippen molar-refractivity contribution in [3.05, 3.63) is 0 Å². The van der Waals surface area contributed by atoms with Crippen molar-refractivity contribution >= 4 is 11.8 Å². The lowest BCUT2D eigenvalue weighted by molar-refractivity contribution is 0.283.